The molecule has 31 heavy (non-hydrogen) atoms. The molecule has 0 bridgehead atoms. The van der Waals surface area contributed by atoms with E-state index in [9.17, 15) is 28.4 Å². The van der Waals surface area contributed by atoms with E-state index in [0.717, 1.165) is 38.5 Å². The molecule has 187 valence electrons. The van der Waals surface area contributed by atoms with E-state index in [1.165, 1.54) is 57.8 Å². The van der Waals surface area contributed by atoms with Crippen molar-refractivity contribution in [1.29, 1.82) is 0 Å². The molecule has 0 aromatic rings. The summed E-state index contributed by atoms with van der Waals surface area (Å²) in [6, 6.07) is 0. The van der Waals surface area contributed by atoms with Crippen LogP contribution in [0, 0.1) is 40.8 Å². The first-order chi connectivity index (χ1) is 14.3. The zero-order valence-electron chi connectivity index (χ0n) is 20.2. The summed E-state index contributed by atoms with van der Waals surface area (Å²) < 4.78 is 30.3. The van der Waals surface area contributed by atoms with E-state index in [1.54, 1.807) is 0 Å². The largest absolute Gasteiger partial charge is 3.00 e. The molecule has 0 spiro atoms. The molecule has 0 saturated heterocycles. The Labute approximate surface area is 227 Å². The molecule has 0 fully saturated rings. The summed E-state index contributed by atoms with van der Waals surface area (Å²) in [7, 11) is -7.27. The van der Waals surface area contributed by atoms with Gasteiger partial charge in [-0.1, -0.05) is 97.8 Å². The summed E-state index contributed by atoms with van der Waals surface area (Å²) in [5.41, 5.74) is 0. The molecule has 0 amide bonds. The summed E-state index contributed by atoms with van der Waals surface area (Å²) in [4.78, 5) is 30.3. The first-order valence-electron chi connectivity index (χ1n) is 11.9. The topological polar surface area (TPSA) is 120 Å². The standard InChI is InChI=1S/3C7H17O2P.Nd/c3*1-2-3-4-5-6-7-10(8)9;/h3*10H,2-7H2,1H3,(H,8,9);/q;;;+3/p-3. The second kappa shape index (κ2) is 36.5. The molecule has 1 radical (unpaired) electrons. The van der Waals surface area contributed by atoms with E-state index in [0.29, 0.717) is 18.5 Å². The van der Waals surface area contributed by atoms with Crippen LogP contribution in [0.2, 0.25) is 0 Å². The normalized spacial score (nSPS) is 13.0. The SMILES string of the molecule is CCCCCCC[PH](=O)[O-].CCCCCCC[PH](=O)[O-].CCCCCCC[PH](=O)[O-].[Nd+3]. The average molecular weight is 634 g/mol. The summed E-state index contributed by atoms with van der Waals surface area (Å²) in [6.07, 6.45) is 18.0. The molecule has 3 unspecified atom stereocenters. The van der Waals surface area contributed by atoms with Crippen LogP contribution in [0.25, 0.3) is 0 Å². The van der Waals surface area contributed by atoms with Crippen LogP contribution < -0.4 is 14.7 Å². The Hall–Kier alpha value is 1.92. The summed E-state index contributed by atoms with van der Waals surface area (Å²) in [6.45, 7) is 6.45. The van der Waals surface area contributed by atoms with E-state index in [-0.39, 0.29) is 40.8 Å². The van der Waals surface area contributed by atoms with Gasteiger partial charge in [0.05, 0.1) is 0 Å². The van der Waals surface area contributed by atoms with E-state index < -0.39 is 24.1 Å². The van der Waals surface area contributed by atoms with Gasteiger partial charge in [0.25, 0.3) is 0 Å². The van der Waals surface area contributed by atoms with Crippen LogP contribution in [0.1, 0.15) is 117 Å². The van der Waals surface area contributed by atoms with Gasteiger partial charge < -0.3 is 28.4 Å². The molecule has 0 N–H and O–H groups in total. The molecule has 0 aromatic heterocycles. The predicted octanol–water partition coefficient (Wildman–Crippen LogP) is 5.38. The molecule has 0 aliphatic heterocycles. The van der Waals surface area contributed by atoms with Crippen molar-refractivity contribution in [2.24, 2.45) is 0 Å². The average Bonchev–Trinajstić information content (AvgIpc) is 2.68. The second-order valence-corrected chi connectivity index (χ2v) is 11.3. The van der Waals surface area contributed by atoms with Gasteiger partial charge in [-0.25, -0.2) is 0 Å². The van der Waals surface area contributed by atoms with Crippen LogP contribution in [0.5, 0.6) is 0 Å². The molecule has 6 nitrogen and oxygen atoms in total. The molecule has 0 aromatic carbocycles. The van der Waals surface area contributed by atoms with E-state index in [1.807, 2.05) is 0 Å². The van der Waals surface area contributed by atoms with Gasteiger partial charge in [-0.2, -0.15) is 0 Å². The molecule has 0 aliphatic carbocycles. The van der Waals surface area contributed by atoms with E-state index in [2.05, 4.69) is 20.8 Å². The number of hydrogen-bond acceptors (Lipinski definition) is 6. The van der Waals surface area contributed by atoms with Crippen molar-refractivity contribution in [3.8, 4) is 0 Å². The molecular weight excluding hydrogens is 585 g/mol. The monoisotopic (exact) mass is 631 g/mol. The first kappa shape index (κ1) is 40.1. The Bertz CT molecular complexity index is 344. The Kier molecular flexibility index (Phi) is 47.2. The van der Waals surface area contributed by atoms with Crippen molar-refractivity contribution < 1.29 is 69.2 Å². The third-order valence-electron chi connectivity index (χ3n) is 4.45. The minimum atomic E-state index is -2.42. The van der Waals surface area contributed by atoms with Crippen LogP contribution in [0.4, 0.5) is 0 Å². The van der Waals surface area contributed by atoms with Gasteiger partial charge in [0.1, 0.15) is 0 Å². The zero-order chi connectivity index (χ0) is 23.5. The van der Waals surface area contributed by atoms with Gasteiger partial charge >= 0.3 is 40.8 Å². The summed E-state index contributed by atoms with van der Waals surface area (Å²) in [5.74, 6) is 0. The van der Waals surface area contributed by atoms with Gasteiger partial charge in [-0.05, 0) is 37.7 Å². The van der Waals surface area contributed by atoms with Gasteiger partial charge in [0.15, 0.2) is 0 Å². The maximum absolute atomic E-state index is 10.1. The smallest absolute Gasteiger partial charge is 0.802 e. The zero-order valence-corrected chi connectivity index (χ0v) is 26.4. The maximum atomic E-state index is 10.1. The van der Waals surface area contributed by atoms with Crippen molar-refractivity contribution in [3.05, 3.63) is 0 Å². The molecule has 0 heterocycles. The van der Waals surface area contributed by atoms with Gasteiger partial charge in [0, 0.05) is 24.1 Å². The van der Waals surface area contributed by atoms with Crippen molar-refractivity contribution in [3.63, 3.8) is 0 Å². The maximum Gasteiger partial charge on any atom is 3.00 e. The van der Waals surface area contributed by atoms with Gasteiger partial charge in [-0.15, -0.1) is 0 Å². The fourth-order valence-corrected chi connectivity index (χ4v) is 4.23. The number of hydrogen-bond donors (Lipinski definition) is 0. The van der Waals surface area contributed by atoms with Gasteiger partial charge in [-0.3, -0.25) is 0 Å². The minimum Gasteiger partial charge on any atom is -0.802 e. The van der Waals surface area contributed by atoms with E-state index >= 15 is 0 Å². The molecule has 0 aliphatic rings. The predicted molar refractivity (Wildman–Crippen MR) is 128 cm³/mol. The third-order valence-corrected chi connectivity index (χ3v) is 6.74. The molecular formula is C21H48NdO6P3. The van der Waals surface area contributed by atoms with Crippen LogP contribution in [-0.2, 0) is 13.7 Å². The fourth-order valence-electron chi connectivity index (χ4n) is 2.62. The molecule has 3 atom stereocenters. The Morgan fingerprint density at radius 2 is 0.613 bits per heavy atom. The van der Waals surface area contributed by atoms with Crippen molar-refractivity contribution in [1.82, 2.24) is 0 Å². The van der Waals surface area contributed by atoms with Gasteiger partial charge in [0.2, 0.25) is 0 Å². The molecule has 0 saturated carbocycles. The fraction of sp³-hybridized carbons (Fsp3) is 1.00. The van der Waals surface area contributed by atoms with Crippen molar-refractivity contribution in [2.45, 2.75) is 117 Å². The third kappa shape index (κ3) is 54.4. The number of rotatable bonds is 18. The Morgan fingerprint density at radius 1 is 0.419 bits per heavy atom. The van der Waals surface area contributed by atoms with Crippen LogP contribution in [0.15, 0.2) is 0 Å². The quantitative estimate of drug-likeness (QED) is 0.148. The minimum absolute atomic E-state index is 0. The summed E-state index contributed by atoms with van der Waals surface area (Å²) in [5, 5.41) is 0. The van der Waals surface area contributed by atoms with Crippen molar-refractivity contribution in [2.75, 3.05) is 18.5 Å². The summed E-state index contributed by atoms with van der Waals surface area (Å²) >= 11 is 0. The van der Waals surface area contributed by atoms with Crippen LogP contribution in [0.3, 0.4) is 0 Å². The Balaban J connectivity index is -0.000000174. The van der Waals surface area contributed by atoms with Crippen LogP contribution >= 0.6 is 24.1 Å². The van der Waals surface area contributed by atoms with Crippen LogP contribution in [-0.4, -0.2) is 18.5 Å². The first-order valence-corrected chi connectivity index (χ1v) is 16.5. The molecule has 10 heteroatoms. The van der Waals surface area contributed by atoms with Crippen molar-refractivity contribution >= 4 is 24.1 Å². The Morgan fingerprint density at radius 3 is 0.774 bits per heavy atom. The number of unbranched alkanes of at least 4 members (excludes halogenated alkanes) is 12. The second-order valence-electron chi connectivity index (χ2n) is 7.61. The molecule has 0 rings (SSSR count). The van der Waals surface area contributed by atoms with E-state index in [4.69, 9.17) is 0 Å².